The molecule has 0 aliphatic heterocycles. The molecule has 6 nitrogen and oxygen atoms in total. The summed E-state index contributed by atoms with van der Waals surface area (Å²) in [6.07, 6.45) is 1.56. The number of nitro groups is 1. The van der Waals surface area contributed by atoms with E-state index in [1.165, 1.54) is 18.2 Å². The molecule has 0 saturated heterocycles. The molecule has 0 aliphatic rings. The van der Waals surface area contributed by atoms with Gasteiger partial charge in [0, 0.05) is 23.4 Å². The second-order valence-corrected chi connectivity index (χ2v) is 3.71. The smallest absolute Gasteiger partial charge is 0.269 e. The van der Waals surface area contributed by atoms with Crippen LogP contribution in [0.3, 0.4) is 0 Å². The van der Waals surface area contributed by atoms with Gasteiger partial charge in [-0.15, -0.1) is 0 Å². The Kier molecular flexibility index (Phi) is 3.59. The lowest BCUT2D eigenvalue weighted by molar-refractivity contribution is -0.384. The van der Waals surface area contributed by atoms with Gasteiger partial charge in [0.05, 0.1) is 17.8 Å². The van der Waals surface area contributed by atoms with E-state index in [0.29, 0.717) is 23.6 Å². The highest BCUT2D eigenvalue weighted by Crippen LogP contribution is 2.20. The first-order valence-corrected chi connectivity index (χ1v) is 5.30. The molecule has 2 rings (SSSR count). The Hall–Kier alpha value is -2.34. The molecule has 1 aromatic heterocycles. The standard InChI is InChI=1S/C12H12N2O4/c13-12-4-3-10(14(15)16)6-9(12)7-17-8-11-2-1-5-18-11/h1-6H,7-8,13H2. The van der Waals surface area contributed by atoms with Crippen molar-refractivity contribution in [3.63, 3.8) is 0 Å². The van der Waals surface area contributed by atoms with E-state index in [1.807, 2.05) is 0 Å². The molecule has 0 fully saturated rings. The van der Waals surface area contributed by atoms with Gasteiger partial charge in [0.2, 0.25) is 0 Å². The van der Waals surface area contributed by atoms with Gasteiger partial charge in [0.1, 0.15) is 12.4 Å². The number of nitro benzene ring substituents is 1. The molecule has 6 heteroatoms. The highest BCUT2D eigenvalue weighted by Gasteiger charge is 2.09. The number of nitrogen functional groups attached to an aromatic ring is 1. The highest BCUT2D eigenvalue weighted by atomic mass is 16.6. The quantitative estimate of drug-likeness (QED) is 0.498. The van der Waals surface area contributed by atoms with Gasteiger partial charge in [-0.25, -0.2) is 0 Å². The molecule has 0 saturated carbocycles. The van der Waals surface area contributed by atoms with E-state index in [0.717, 1.165) is 0 Å². The van der Waals surface area contributed by atoms with Crippen molar-refractivity contribution in [2.75, 3.05) is 5.73 Å². The van der Waals surface area contributed by atoms with Gasteiger partial charge in [0.25, 0.3) is 5.69 Å². The molecule has 1 heterocycles. The first-order valence-electron chi connectivity index (χ1n) is 5.30. The maximum Gasteiger partial charge on any atom is 0.269 e. The zero-order valence-electron chi connectivity index (χ0n) is 9.54. The van der Waals surface area contributed by atoms with Crippen molar-refractivity contribution in [1.82, 2.24) is 0 Å². The summed E-state index contributed by atoms with van der Waals surface area (Å²) in [6.45, 7) is 0.503. The van der Waals surface area contributed by atoms with E-state index in [1.54, 1.807) is 18.4 Å². The van der Waals surface area contributed by atoms with Crippen LogP contribution in [0.15, 0.2) is 41.0 Å². The molecule has 0 bridgehead atoms. The van der Waals surface area contributed by atoms with Crippen LogP contribution in [0.25, 0.3) is 0 Å². The van der Waals surface area contributed by atoms with E-state index in [2.05, 4.69) is 0 Å². The summed E-state index contributed by atoms with van der Waals surface area (Å²) in [5, 5.41) is 10.6. The number of anilines is 1. The Balaban J connectivity index is 2.00. The van der Waals surface area contributed by atoms with Gasteiger partial charge in [-0.1, -0.05) is 0 Å². The van der Waals surface area contributed by atoms with Crippen LogP contribution in [0.4, 0.5) is 11.4 Å². The van der Waals surface area contributed by atoms with Crippen LogP contribution in [-0.4, -0.2) is 4.92 Å². The van der Waals surface area contributed by atoms with Crippen LogP contribution in [-0.2, 0) is 18.0 Å². The van der Waals surface area contributed by atoms with Crippen LogP contribution in [0, 0.1) is 10.1 Å². The van der Waals surface area contributed by atoms with E-state index in [-0.39, 0.29) is 12.3 Å². The summed E-state index contributed by atoms with van der Waals surface area (Å²) in [7, 11) is 0. The Morgan fingerprint density at radius 1 is 1.33 bits per heavy atom. The van der Waals surface area contributed by atoms with Crippen molar-refractivity contribution in [1.29, 1.82) is 0 Å². The van der Waals surface area contributed by atoms with Crippen LogP contribution in [0.5, 0.6) is 0 Å². The fraction of sp³-hybridized carbons (Fsp3) is 0.167. The largest absolute Gasteiger partial charge is 0.467 e. The van der Waals surface area contributed by atoms with E-state index >= 15 is 0 Å². The highest BCUT2D eigenvalue weighted by molar-refractivity contribution is 5.52. The Morgan fingerprint density at radius 2 is 2.17 bits per heavy atom. The minimum absolute atomic E-state index is 0.000739. The second kappa shape index (κ2) is 5.33. The molecule has 0 unspecified atom stereocenters. The monoisotopic (exact) mass is 248 g/mol. The number of nitrogens with zero attached hydrogens (tertiary/aromatic N) is 1. The van der Waals surface area contributed by atoms with Crippen molar-refractivity contribution in [3.8, 4) is 0 Å². The molecule has 2 aromatic rings. The Labute approximate surface area is 103 Å². The molecule has 94 valence electrons. The maximum absolute atomic E-state index is 10.6. The van der Waals surface area contributed by atoms with Gasteiger partial charge in [-0.05, 0) is 18.2 Å². The first kappa shape index (κ1) is 12.1. The van der Waals surface area contributed by atoms with Crippen LogP contribution in [0.2, 0.25) is 0 Å². The second-order valence-electron chi connectivity index (χ2n) is 3.71. The van der Waals surface area contributed by atoms with E-state index in [4.69, 9.17) is 14.9 Å². The number of ether oxygens (including phenoxy) is 1. The Morgan fingerprint density at radius 3 is 2.83 bits per heavy atom. The number of benzene rings is 1. The molecule has 0 atom stereocenters. The fourth-order valence-corrected chi connectivity index (χ4v) is 1.49. The third kappa shape index (κ3) is 2.86. The summed E-state index contributed by atoms with van der Waals surface area (Å²) < 4.78 is 10.5. The third-order valence-electron chi connectivity index (χ3n) is 2.42. The normalized spacial score (nSPS) is 10.4. The number of furan rings is 1. The van der Waals surface area contributed by atoms with Gasteiger partial charge in [0.15, 0.2) is 0 Å². The number of non-ortho nitro benzene ring substituents is 1. The summed E-state index contributed by atoms with van der Waals surface area (Å²) in [5.74, 6) is 0.694. The van der Waals surface area contributed by atoms with Gasteiger partial charge >= 0.3 is 0 Å². The summed E-state index contributed by atoms with van der Waals surface area (Å²) in [5.41, 5.74) is 6.79. The predicted molar refractivity (Wildman–Crippen MR) is 64.7 cm³/mol. The molecule has 0 amide bonds. The molecular formula is C12H12N2O4. The molecule has 2 N–H and O–H groups in total. The molecular weight excluding hydrogens is 236 g/mol. The van der Waals surface area contributed by atoms with Gasteiger partial charge in [-0.2, -0.15) is 0 Å². The van der Waals surface area contributed by atoms with Crippen molar-refractivity contribution in [2.45, 2.75) is 13.2 Å². The maximum atomic E-state index is 10.6. The molecule has 1 aromatic carbocycles. The van der Waals surface area contributed by atoms with Crippen LogP contribution < -0.4 is 5.73 Å². The predicted octanol–water partition coefficient (Wildman–Crippen LogP) is 2.49. The fourth-order valence-electron chi connectivity index (χ4n) is 1.49. The number of hydrogen-bond donors (Lipinski definition) is 1. The average Bonchev–Trinajstić information content (AvgIpc) is 2.84. The van der Waals surface area contributed by atoms with E-state index < -0.39 is 4.92 Å². The lowest BCUT2D eigenvalue weighted by atomic mass is 10.2. The summed E-state index contributed by atoms with van der Waals surface area (Å²) in [4.78, 5) is 10.2. The third-order valence-corrected chi connectivity index (χ3v) is 2.42. The first-order chi connectivity index (χ1) is 8.66. The topological polar surface area (TPSA) is 91.5 Å². The van der Waals surface area contributed by atoms with Crippen molar-refractivity contribution in [3.05, 3.63) is 58.0 Å². The molecule has 0 spiro atoms. The van der Waals surface area contributed by atoms with E-state index in [9.17, 15) is 10.1 Å². The Bertz CT molecular complexity index is 537. The van der Waals surface area contributed by atoms with Gasteiger partial charge in [-0.3, -0.25) is 10.1 Å². The molecule has 18 heavy (non-hydrogen) atoms. The summed E-state index contributed by atoms with van der Waals surface area (Å²) >= 11 is 0. The minimum atomic E-state index is -0.463. The molecule has 0 aliphatic carbocycles. The number of hydrogen-bond acceptors (Lipinski definition) is 5. The van der Waals surface area contributed by atoms with Crippen molar-refractivity contribution in [2.24, 2.45) is 0 Å². The number of nitrogens with two attached hydrogens (primary N) is 1. The van der Waals surface area contributed by atoms with Crippen molar-refractivity contribution < 1.29 is 14.1 Å². The van der Waals surface area contributed by atoms with Crippen LogP contribution in [0.1, 0.15) is 11.3 Å². The average molecular weight is 248 g/mol. The SMILES string of the molecule is Nc1ccc([N+](=O)[O-])cc1COCc1ccco1. The zero-order valence-corrected chi connectivity index (χ0v) is 9.54. The van der Waals surface area contributed by atoms with Crippen molar-refractivity contribution >= 4 is 11.4 Å². The lowest BCUT2D eigenvalue weighted by Gasteiger charge is -2.05. The zero-order chi connectivity index (χ0) is 13.0. The van der Waals surface area contributed by atoms with Gasteiger partial charge < -0.3 is 14.9 Å². The summed E-state index contributed by atoms with van der Waals surface area (Å²) in [6, 6.07) is 7.84. The minimum Gasteiger partial charge on any atom is -0.467 e. The lowest BCUT2D eigenvalue weighted by Crippen LogP contribution is -2.00. The molecule has 0 radical (unpaired) electrons. The van der Waals surface area contributed by atoms with Crippen LogP contribution >= 0.6 is 0 Å². The number of rotatable bonds is 5.